The lowest BCUT2D eigenvalue weighted by Crippen LogP contribution is -2.31. The minimum Gasteiger partial charge on any atom is -0.481 e. The Morgan fingerprint density at radius 2 is 1.55 bits per heavy atom. The summed E-state index contributed by atoms with van der Waals surface area (Å²) in [4.78, 5) is 24.9. The third-order valence-corrected chi connectivity index (χ3v) is 6.44. The molecular weight excluding hydrogens is 410 g/mol. The number of rotatable bonds is 8. The van der Waals surface area contributed by atoms with Crippen LogP contribution in [0.5, 0.6) is 0 Å². The molecule has 0 spiro atoms. The largest absolute Gasteiger partial charge is 0.481 e. The molecule has 0 amide bonds. The number of carboxylic acids is 1. The van der Waals surface area contributed by atoms with Gasteiger partial charge in [0.25, 0.3) is 0 Å². The van der Waals surface area contributed by atoms with E-state index in [2.05, 4.69) is 43.0 Å². The molecule has 2 heterocycles. The molecule has 33 heavy (non-hydrogen) atoms. The zero-order valence-corrected chi connectivity index (χ0v) is 19.6. The molecule has 1 N–H and O–H groups in total. The van der Waals surface area contributed by atoms with Gasteiger partial charge in [-0.2, -0.15) is 0 Å². The number of piperidine rings is 1. The second-order valence-electron chi connectivity index (χ2n) is 8.95. The van der Waals surface area contributed by atoms with Gasteiger partial charge in [-0.15, -0.1) is 0 Å². The van der Waals surface area contributed by atoms with Crippen molar-refractivity contribution in [2.45, 2.75) is 58.3 Å². The molecule has 1 aliphatic rings. The first kappa shape index (κ1) is 23.0. The van der Waals surface area contributed by atoms with Crippen molar-refractivity contribution < 1.29 is 9.90 Å². The lowest BCUT2D eigenvalue weighted by molar-refractivity contribution is -0.139. The van der Waals surface area contributed by atoms with Gasteiger partial charge in [0.05, 0.1) is 17.3 Å². The fourth-order valence-corrected chi connectivity index (χ4v) is 4.57. The smallest absolute Gasteiger partial charge is 0.311 e. The Hall–Kier alpha value is -3.21. The van der Waals surface area contributed by atoms with Gasteiger partial charge in [0, 0.05) is 29.8 Å². The van der Waals surface area contributed by atoms with Crippen molar-refractivity contribution in [3.05, 3.63) is 65.7 Å². The average Bonchev–Trinajstić information content (AvgIpc) is 2.85. The number of hydrogen-bond donors (Lipinski definition) is 1. The molecule has 1 aliphatic heterocycles. The van der Waals surface area contributed by atoms with E-state index in [1.807, 2.05) is 30.3 Å². The molecule has 5 nitrogen and oxygen atoms in total. The normalized spacial score (nSPS) is 14.8. The predicted molar refractivity (Wildman–Crippen MR) is 134 cm³/mol. The first-order valence-electron chi connectivity index (χ1n) is 12.1. The number of aryl methyl sites for hydroxylation is 1. The number of hydrogen-bond acceptors (Lipinski definition) is 4. The summed E-state index contributed by atoms with van der Waals surface area (Å²) in [5.41, 5.74) is 5.25. The van der Waals surface area contributed by atoms with E-state index in [-0.39, 0.29) is 0 Å². The Morgan fingerprint density at radius 3 is 2.12 bits per heavy atom. The molecule has 172 valence electrons. The first-order chi connectivity index (χ1) is 16.1. The summed E-state index contributed by atoms with van der Waals surface area (Å²) in [5.74, 6) is -0.775. The molecule has 5 heteroatoms. The van der Waals surface area contributed by atoms with Gasteiger partial charge in [-0.3, -0.25) is 4.79 Å². The highest BCUT2D eigenvalue weighted by atomic mass is 16.4. The second kappa shape index (κ2) is 10.6. The molecule has 1 fully saturated rings. The number of unbranched alkanes of at least 4 members (excludes halogenated alkanes) is 1. The Morgan fingerprint density at radius 1 is 0.939 bits per heavy atom. The van der Waals surface area contributed by atoms with Crippen molar-refractivity contribution in [2.24, 2.45) is 0 Å². The monoisotopic (exact) mass is 443 g/mol. The zero-order valence-electron chi connectivity index (χ0n) is 19.6. The maximum Gasteiger partial charge on any atom is 0.311 e. The van der Waals surface area contributed by atoms with Gasteiger partial charge in [0.1, 0.15) is 0 Å². The summed E-state index contributed by atoms with van der Waals surface area (Å²) in [6.07, 6.45) is 5.82. The number of carbonyl (C=O) groups is 1. The van der Waals surface area contributed by atoms with Crippen LogP contribution >= 0.6 is 0 Å². The Kier molecular flexibility index (Phi) is 7.38. The molecule has 1 aromatic heterocycles. The highest BCUT2D eigenvalue weighted by Crippen LogP contribution is 2.39. The highest BCUT2D eigenvalue weighted by molar-refractivity contribution is 5.85. The van der Waals surface area contributed by atoms with Crippen molar-refractivity contribution >= 4 is 11.9 Å². The lowest BCUT2D eigenvalue weighted by Gasteiger charge is -2.29. The van der Waals surface area contributed by atoms with Crippen molar-refractivity contribution in [1.82, 2.24) is 9.97 Å². The first-order valence-corrected chi connectivity index (χ1v) is 12.1. The number of aliphatic carboxylic acids is 1. The van der Waals surface area contributed by atoms with Crippen LogP contribution in [0.3, 0.4) is 0 Å². The summed E-state index contributed by atoms with van der Waals surface area (Å²) in [6.45, 7) is 6.01. The van der Waals surface area contributed by atoms with E-state index < -0.39 is 11.9 Å². The standard InChI is InChI=1S/C28H33N3O2/c1-3-4-13-23(27(32)33)24-25(21-11-7-5-8-12-21)29-28(31-18-9-6-10-19-31)30-26(24)22-16-14-20(2)15-17-22/h5,7-8,11-12,14-17,23H,3-4,6,9-10,13,18-19H2,1-2H3,(H,32,33). The van der Waals surface area contributed by atoms with Gasteiger partial charge in [-0.05, 0) is 32.6 Å². The summed E-state index contributed by atoms with van der Waals surface area (Å²) in [5, 5.41) is 10.3. The third-order valence-electron chi connectivity index (χ3n) is 6.44. The quantitative estimate of drug-likeness (QED) is 0.432. The average molecular weight is 444 g/mol. The molecule has 4 rings (SSSR count). The third kappa shape index (κ3) is 5.24. The van der Waals surface area contributed by atoms with E-state index in [4.69, 9.17) is 9.97 Å². The van der Waals surface area contributed by atoms with Crippen molar-refractivity contribution in [2.75, 3.05) is 18.0 Å². The van der Waals surface area contributed by atoms with Crippen LogP contribution in [0.15, 0.2) is 54.6 Å². The fourth-order valence-electron chi connectivity index (χ4n) is 4.57. The van der Waals surface area contributed by atoms with Crippen LogP contribution in [0, 0.1) is 6.92 Å². The predicted octanol–water partition coefficient (Wildman–Crippen LogP) is 6.47. The molecule has 0 bridgehead atoms. The Labute approximate surface area is 196 Å². The Bertz CT molecular complexity index is 1070. The number of anilines is 1. The summed E-state index contributed by atoms with van der Waals surface area (Å²) < 4.78 is 0. The molecule has 2 aromatic carbocycles. The van der Waals surface area contributed by atoms with Crippen molar-refractivity contribution in [3.63, 3.8) is 0 Å². The van der Waals surface area contributed by atoms with Crippen LogP contribution in [-0.2, 0) is 4.79 Å². The van der Waals surface area contributed by atoms with Crippen molar-refractivity contribution in [3.8, 4) is 22.5 Å². The van der Waals surface area contributed by atoms with Crippen LogP contribution in [-0.4, -0.2) is 34.1 Å². The van der Waals surface area contributed by atoms with Crippen molar-refractivity contribution in [1.29, 1.82) is 0 Å². The molecule has 1 saturated heterocycles. The van der Waals surface area contributed by atoms with E-state index >= 15 is 0 Å². The van der Waals surface area contributed by atoms with Gasteiger partial charge < -0.3 is 10.0 Å². The van der Waals surface area contributed by atoms with Gasteiger partial charge in [0.15, 0.2) is 0 Å². The van der Waals surface area contributed by atoms with E-state index in [0.717, 1.165) is 72.4 Å². The zero-order chi connectivity index (χ0) is 23.2. The van der Waals surface area contributed by atoms with Crippen LogP contribution < -0.4 is 4.90 Å². The molecule has 1 atom stereocenters. The highest BCUT2D eigenvalue weighted by Gasteiger charge is 2.30. The SMILES string of the molecule is CCCCC(C(=O)O)c1c(-c2ccccc2)nc(N2CCCCC2)nc1-c1ccc(C)cc1. The minimum absolute atomic E-state index is 0.566. The second-order valence-corrected chi connectivity index (χ2v) is 8.95. The topological polar surface area (TPSA) is 66.3 Å². The number of aromatic nitrogens is 2. The molecular formula is C28H33N3O2. The molecule has 0 radical (unpaired) electrons. The van der Waals surface area contributed by atoms with E-state index in [9.17, 15) is 9.90 Å². The number of carboxylic acid groups (broad SMARTS) is 1. The summed E-state index contributed by atoms with van der Waals surface area (Å²) in [6, 6.07) is 18.2. The van der Waals surface area contributed by atoms with E-state index in [0.29, 0.717) is 12.4 Å². The number of benzene rings is 2. The minimum atomic E-state index is -0.816. The van der Waals surface area contributed by atoms with Gasteiger partial charge in [-0.25, -0.2) is 9.97 Å². The molecule has 0 aliphatic carbocycles. The van der Waals surface area contributed by atoms with Gasteiger partial charge >= 0.3 is 5.97 Å². The maximum atomic E-state index is 12.5. The summed E-state index contributed by atoms with van der Waals surface area (Å²) >= 11 is 0. The molecule has 1 unspecified atom stereocenters. The molecule has 3 aromatic rings. The van der Waals surface area contributed by atoms with Gasteiger partial charge in [0.2, 0.25) is 5.95 Å². The fraction of sp³-hybridized carbons (Fsp3) is 0.393. The van der Waals surface area contributed by atoms with Crippen LogP contribution in [0.25, 0.3) is 22.5 Å². The maximum absolute atomic E-state index is 12.5. The van der Waals surface area contributed by atoms with Crippen LogP contribution in [0.4, 0.5) is 5.95 Å². The van der Waals surface area contributed by atoms with E-state index in [1.165, 1.54) is 6.42 Å². The Balaban J connectivity index is 1.99. The van der Waals surface area contributed by atoms with E-state index in [1.54, 1.807) is 0 Å². The van der Waals surface area contributed by atoms with Crippen LogP contribution in [0.1, 0.15) is 62.5 Å². The number of nitrogens with zero attached hydrogens (tertiary/aromatic N) is 3. The van der Waals surface area contributed by atoms with Gasteiger partial charge in [-0.1, -0.05) is 79.9 Å². The summed E-state index contributed by atoms with van der Waals surface area (Å²) in [7, 11) is 0. The molecule has 0 saturated carbocycles. The van der Waals surface area contributed by atoms with Crippen LogP contribution in [0.2, 0.25) is 0 Å². The lowest BCUT2D eigenvalue weighted by atomic mass is 9.87.